The van der Waals surface area contributed by atoms with Crippen LogP contribution in [0, 0.1) is 12.3 Å². The summed E-state index contributed by atoms with van der Waals surface area (Å²) in [6.07, 6.45) is 1.63. The molecule has 0 bridgehead atoms. The van der Waals surface area contributed by atoms with E-state index in [-0.39, 0.29) is 12.5 Å². The summed E-state index contributed by atoms with van der Waals surface area (Å²) in [5, 5.41) is 13.1. The van der Waals surface area contributed by atoms with Crippen LogP contribution in [0.1, 0.15) is 52.6 Å². The third kappa shape index (κ3) is 4.45. The Morgan fingerprint density at radius 1 is 1.20 bits per heavy atom. The van der Waals surface area contributed by atoms with Crippen molar-refractivity contribution in [2.24, 2.45) is 5.41 Å². The van der Waals surface area contributed by atoms with Gasteiger partial charge in [-0.05, 0) is 25.3 Å². The van der Waals surface area contributed by atoms with E-state index in [1.54, 1.807) is 0 Å². The Labute approximate surface area is 152 Å². The first-order valence-corrected chi connectivity index (χ1v) is 9.25. The van der Waals surface area contributed by atoms with Gasteiger partial charge >= 0.3 is 5.97 Å². The van der Waals surface area contributed by atoms with E-state index in [0.29, 0.717) is 29.8 Å². The third-order valence-electron chi connectivity index (χ3n) is 4.64. The smallest absolute Gasteiger partial charge is 0.311 e. The lowest BCUT2D eigenvalue weighted by atomic mass is 9.82. The lowest BCUT2D eigenvalue weighted by Gasteiger charge is -2.26. The Morgan fingerprint density at radius 2 is 1.84 bits per heavy atom. The molecule has 0 aliphatic heterocycles. The number of rotatable bonds is 8. The Morgan fingerprint density at radius 3 is 2.40 bits per heavy atom. The second-order valence-electron chi connectivity index (χ2n) is 6.16. The fourth-order valence-corrected chi connectivity index (χ4v) is 3.73. The summed E-state index contributed by atoms with van der Waals surface area (Å²) in [7, 11) is 0. The molecule has 0 unspecified atom stereocenters. The molecular formula is C19H24N2O3S. The van der Waals surface area contributed by atoms with Gasteiger partial charge in [0.2, 0.25) is 0 Å². The standard InChI is InChI=1S/C19H24N2O3S/c1-4-19(5-2,18(23)24)12-20-17(22)16-13(3)21-15(25-16)11-14-9-7-6-8-10-14/h6-10H,4-5,11-12H2,1-3H3,(H,20,22)(H,23,24). The zero-order valence-corrected chi connectivity index (χ0v) is 15.7. The Bertz CT molecular complexity index is 736. The normalized spacial score (nSPS) is 11.3. The zero-order valence-electron chi connectivity index (χ0n) is 14.8. The topological polar surface area (TPSA) is 79.3 Å². The molecule has 0 saturated heterocycles. The van der Waals surface area contributed by atoms with Crippen LogP contribution >= 0.6 is 11.3 Å². The molecule has 0 saturated carbocycles. The third-order valence-corrected chi connectivity index (χ3v) is 5.80. The van der Waals surface area contributed by atoms with Gasteiger partial charge in [0.05, 0.1) is 16.1 Å². The summed E-state index contributed by atoms with van der Waals surface area (Å²) < 4.78 is 0. The number of nitrogens with zero attached hydrogens (tertiary/aromatic N) is 1. The summed E-state index contributed by atoms with van der Waals surface area (Å²) in [6, 6.07) is 9.97. The van der Waals surface area contributed by atoms with Gasteiger partial charge in [0.15, 0.2) is 0 Å². The van der Waals surface area contributed by atoms with Crippen LogP contribution in [0.25, 0.3) is 0 Å². The minimum atomic E-state index is -0.916. The molecule has 2 N–H and O–H groups in total. The number of hydrogen-bond donors (Lipinski definition) is 2. The molecule has 0 fully saturated rings. The molecule has 0 spiro atoms. The number of carbonyl (C=O) groups excluding carboxylic acids is 1. The van der Waals surface area contributed by atoms with E-state index in [4.69, 9.17) is 0 Å². The van der Waals surface area contributed by atoms with Gasteiger partial charge in [-0.25, -0.2) is 4.98 Å². The Hall–Kier alpha value is -2.21. The summed E-state index contributed by atoms with van der Waals surface area (Å²) in [5.74, 6) is -1.12. The van der Waals surface area contributed by atoms with Gasteiger partial charge in [-0.1, -0.05) is 44.2 Å². The molecule has 134 valence electrons. The second kappa shape index (κ2) is 8.25. The number of benzene rings is 1. The number of hydrogen-bond acceptors (Lipinski definition) is 4. The number of aryl methyl sites for hydroxylation is 1. The maximum absolute atomic E-state index is 12.5. The fourth-order valence-electron chi connectivity index (χ4n) is 2.72. The number of aromatic nitrogens is 1. The number of aliphatic carboxylic acids is 1. The van der Waals surface area contributed by atoms with Crippen molar-refractivity contribution < 1.29 is 14.7 Å². The Kier molecular flexibility index (Phi) is 6.31. The van der Waals surface area contributed by atoms with Gasteiger partial charge in [-0.15, -0.1) is 11.3 Å². The molecule has 2 rings (SSSR count). The monoisotopic (exact) mass is 360 g/mol. The number of carboxylic acid groups (broad SMARTS) is 1. The number of carboxylic acids is 1. The van der Waals surface area contributed by atoms with E-state index in [0.717, 1.165) is 10.6 Å². The van der Waals surface area contributed by atoms with Crippen molar-refractivity contribution in [3.8, 4) is 0 Å². The minimum Gasteiger partial charge on any atom is -0.481 e. The van der Waals surface area contributed by atoms with Gasteiger partial charge in [0, 0.05) is 13.0 Å². The van der Waals surface area contributed by atoms with Crippen LogP contribution < -0.4 is 5.32 Å². The van der Waals surface area contributed by atoms with Crippen LogP contribution in [0.3, 0.4) is 0 Å². The van der Waals surface area contributed by atoms with Crippen LogP contribution in [-0.4, -0.2) is 28.5 Å². The predicted molar refractivity (Wildman–Crippen MR) is 99.1 cm³/mol. The molecular weight excluding hydrogens is 336 g/mol. The van der Waals surface area contributed by atoms with E-state index in [9.17, 15) is 14.7 Å². The Balaban J connectivity index is 2.08. The van der Waals surface area contributed by atoms with Crippen molar-refractivity contribution in [3.63, 3.8) is 0 Å². The molecule has 0 radical (unpaired) electrons. The fraction of sp³-hybridized carbons (Fsp3) is 0.421. The summed E-state index contributed by atoms with van der Waals surface area (Å²) in [6.45, 7) is 5.60. The lowest BCUT2D eigenvalue weighted by molar-refractivity contribution is -0.149. The van der Waals surface area contributed by atoms with Crippen LogP contribution in [0.5, 0.6) is 0 Å². The number of carbonyl (C=O) groups is 2. The van der Waals surface area contributed by atoms with E-state index in [1.807, 2.05) is 51.1 Å². The minimum absolute atomic E-state index is 0.125. The highest BCUT2D eigenvalue weighted by Crippen LogP contribution is 2.26. The van der Waals surface area contributed by atoms with Crippen molar-refractivity contribution in [2.45, 2.75) is 40.0 Å². The van der Waals surface area contributed by atoms with Gasteiger partial charge in [0.25, 0.3) is 5.91 Å². The average Bonchev–Trinajstić information content (AvgIpc) is 2.97. The molecule has 1 aromatic carbocycles. The average molecular weight is 360 g/mol. The van der Waals surface area contributed by atoms with Crippen LogP contribution in [-0.2, 0) is 11.2 Å². The van der Waals surface area contributed by atoms with Gasteiger partial charge < -0.3 is 10.4 Å². The van der Waals surface area contributed by atoms with Crippen molar-refractivity contribution >= 4 is 23.2 Å². The predicted octanol–water partition coefficient (Wildman–Crippen LogP) is 3.66. The van der Waals surface area contributed by atoms with Crippen molar-refractivity contribution in [3.05, 3.63) is 51.5 Å². The van der Waals surface area contributed by atoms with E-state index < -0.39 is 11.4 Å². The molecule has 0 atom stereocenters. The first kappa shape index (κ1) is 19.1. The first-order valence-electron chi connectivity index (χ1n) is 8.43. The molecule has 0 aliphatic carbocycles. The number of amides is 1. The zero-order chi connectivity index (χ0) is 18.4. The van der Waals surface area contributed by atoms with E-state index in [1.165, 1.54) is 11.3 Å². The molecule has 0 aliphatic rings. The molecule has 5 nitrogen and oxygen atoms in total. The van der Waals surface area contributed by atoms with Gasteiger partial charge in [-0.3, -0.25) is 9.59 Å². The molecule has 6 heteroatoms. The maximum Gasteiger partial charge on any atom is 0.311 e. The van der Waals surface area contributed by atoms with Crippen LogP contribution in [0.15, 0.2) is 30.3 Å². The molecule has 2 aromatic rings. The summed E-state index contributed by atoms with van der Waals surface area (Å²) in [4.78, 5) is 29.1. The number of nitrogens with one attached hydrogen (secondary N) is 1. The molecule has 1 amide bonds. The van der Waals surface area contributed by atoms with Crippen molar-refractivity contribution in [1.82, 2.24) is 10.3 Å². The van der Waals surface area contributed by atoms with Crippen molar-refractivity contribution in [2.75, 3.05) is 6.54 Å². The summed E-state index contributed by atoms with van der Waals surface area (Å²) >= 11 is 1.37. The highest BCUT2D eigenvalue weighted by molar-refractivity contribution is 7.13. The number of thiazole rings is 1. The van der Waals surface area contributed by atoms with Gasteiger partial charge in [0.1, 0.15) is 4.88 Å². The summed E-state index contributed by atoms with van der Waals surface area (Å²) in [5.41, 5.74) is 0.911. The quantitative estimate of drug-likeness (QED) is 0.753. The second-order valence-corrected chi connectivity index (χ2v) is 7.24. The molecule has 1 heterocycles. The first-order chi connectivity index (χ1) is 11.9. The lowest BCUT2D eigenvalue weighted by Crippen LogP contribution is -2.42. The highest BCUT2D eigenvalue weighted by atomic mass is 32.1. The molecule has 1 aromatic heterocycles. The van der Waals surface area contributed by atoms with Crippen LogP contribution in [0.2, 0.25) is 0 Å². The highest BCUT2D eigenvalue weighted by Gasteiger charge is 2.35. The SMILES string of the molecule is CCC(CC)(CNC(=O)c1sc(Cc2ccccc2)nc1C)C(=O)O. The van der Waals surface area contributed by atoms with E-state index in [2.05, 4.69) is 10.3 Å². The van der Waals surface area contributed by atoms with Crippen molar-refractivity contribution in [1.29, 1.82) is 0 Å². The van der Waals surface area contributed by atoms with Crippen LogP contribution in [0.4, 0.5) is 0 Å². The van der Waals surface area contributed by atoms with E-state index >= 15 is 0 Å². The maximum atomic E-state index is 12.5. The molecule has 25 heavy (non-hydrogen) atoms. The van der Waals surface area contributed by atoms with Gasteiger partial charge in [-0.2, -0.15) is 0 Å². The largest absolute Gasteiger partial charge is 0.481 e.